The van der Waals surface area contributed by atoms with Gasteiger partial charge in [-0.2, -0.15) is 0 Å². The number of pyridine rings is 1. The Morgan fingerprint density at radius 1 is 1.03 bits per heavy atom. The maximum atomic E-state index is 13.2. The van der Waals surface area contributed by atoms with Crippen molar-refractivity contribution in [3.63, 3.8) is 0 Å². The van der Waals surface area contributed by atoms with E-state index in [4.69, 9.17) is 4.42 Å². The van der Waals surface area contributed by atoms with Gasteiger partial charge >= 0.3 is 0 Å². The van der Waals surface area contributed by atoms with Crippen molar-refractivity contribution in [3.8, 4) is 22.0 Å². The largest absolute Gasteiger partial charge is 0.467 e. The second kappa shape index (κ2) is 8.83. The summed E-state index contributed by atoms with van der Waals surface area (Å²) in [7, 11) is 0. The molecular weight excluding hydrogens is 433 g/mol. The van der Waals surface area contributed by atoms with Gasteiger partial charge in [0.15, 0.2) is 11.0 Å². The third-order valence-electron chi connectivity index (χ3n) is 4.52. The first-order valence-corrected chi connectivity index (χ1v) is 11.3. The van der Waals surface area contributed by atoms with E-state index in [0.717, 1.165) is 38.6 Å². The lowest BCUT2D eigenvalue weighted by Gasteiger charge is -2.08. The van der Waals surface area contributed by atoms with Crippen LogP contribution >= 0.6 is 23.1 Å². The molecule has 0 aliphatic rings. The van der Waals surface area contributed by atoms with Crippen LogP contribution in [0.3, 0.4) is 0 Å². The van der Waals surface area contributed by atoms with E-state index in [1.165, 1.54) is 12.1 Å². The van der Waals surface area contributed by atoms with Crippen molar-refractivity contribution < 1.29 is 8.81 Å². The van der Waals surface area contributed by atoms with Crippen LogP contribution in [0.15, 0.2) is 82.1 Å². The summed E-state index contributed by atoms with van der Waals surface area (Å²) >= 11 is 3.10. The molecule has 154 valence electrons. The summed E-state index contributed by atoms with van der Waals surface area (Å²) in [5, 5.41) is 12.4. The lowest BCUT2D eigenvalue weighted by molar-refractivity contribution is 0.485. The monoisotopic (exact) mass is 449 g/mol. The zero-order valence-electron chi connectivity index (χ0n) is 16.2. The molecule has 5 rings (SSSR count). The second-order valence-corrected chi connectivity index (χ2v) is 8.45. The lowest BCUT2D eigenvalue weighted by Crippen LogP contribution is -2.03. The Morgan fingerprint density at radius 2 is 1.94 bits per heavy atom. The minimum Gasteiger partial charge on any atom is -0.467 e. The van der Waals surface area contributed by atoms with Crippen LogP contribution in [0, 0.1) is 5.82 Å². The van der Waals surface area contributed by atoms with Crippen molar-refractivity contribution in [1.29, 1.82) is 0 Å². The Balaban J connectivity index is 1.38. The Labute approximate surface area is 185 Å². The first-order valence-electron chi connectivity index (χ1n) is 9.45. The van der Waals surface area contributed by atoms with E-state index in [2.05, 4.69) is 20.2 Å². The molecule has 0 amide bonds. The minimum absolute atomic E-state index is 0.253. The van der Waals surface area contributed by atoms with E-state index in [1.54, 1.807) is 53.9 Å². The number of thiazole rings is 1. The van der Waals surface area contributed by atoms with Gasteiger partial charge in [0.2, 0.25) is 0 Å². The highest BCUT2D eigenvalue weighted by atomic mass is 32.2. The molecule has 0 spiro atoms. The molecule has 4 heterocycles. The smallest absolute Gasteiger partial charge is 0.192 e. The molecule has 1 aromatic carbocycles. The fourth-order valence-corrected chi connectivity index (χ4v) is 4.80. The zero-order chi connectivity index (χ0) is 21.0. The van der Waals surface area contributed by atoms with Crippen molar-refractivity contribution in [2.75, 3.05) is 0 Å². The molecule has 0 atom stereocenters. The van der Waals surface area contributed by atoms with Crippen molar-refractivity contribution in [2.45, 2.75) is 17.5 Å². The third kappa shape index (κ3) is 4.42. The Kier molecular flexibility index (Phi) is 5.59. The quantitative estimate of drug-likeness (QED) is 0.304. The second-order valence-electron chi connectivity index (χ2n) is 6.65. The number of aromatic nitrogens is 5. The van der Waals surface area contributed by atoms with E-state index >= 15 is 0 Å². The van der Waals surface area contributed by atoms with Crippen LogP contribution in [0.2, 0.25) is 0 Å². The van der Waals surface area contributed by atoms with E-state index < -0.39 is 0 Å². The number of hydrogen-bond acceptors (Lipinski definition) is 7. The predicted molar refractivity (Wildman–Crippen MR) is 118 cm³/mol. The molecule has 6 nitrogen and oxygen atoms in total. The number of halogens is 1. The van der Waals surface area contributed by atoms with Gasteiger partial charge in [-0.1, -0.05) is 11.8 Å². The number of thioether (sulfide) groups is 1. The lowest BCUT2D eigenvalue weighted by atomic mass is 10.2. The average molecular weight is 450 g/mol. The summed E-state index contributed by atoms with van der Waals surface area (Å²) in [5.41, 5.74) is 2.73. The molecule has 0 N–H and O–H groups in total. The van der Waals surface area contributed by atoms with Gasteiger partial charge in [0.05, 0.1) is 18.5 Å². The minimum atomic E-state index is -0.253. The third-order valence-corrected chi connectivity index (χ3v) is 6.46. The normalized spacial score (nSPS) is 11.1. The number of rotatable bonds is 7. The molecule has 0 bridgehead atoms. The topological polar surface area (TPSA) is 69.6 Å². The van der Waals surface area contributed by atoms with Crippen LogP contribution in [-0.2, 0) is 12.3 Å². The van der Waals surface area contributed by atoms with Crippen LogP contribution in [-0.4, -0.2) is 24.7 Å². The summed E-state index contributed by atoms with van der Waals surface area (Å²) < 4.78 is 20.7. The highest BCUT2D eigenvalue weighted by Crippen LogP contribution is 2.30. The maximum Gasteiger partial charge on any atom is 0.192 e. The molecular formula is C22H16FN5OS2. The first kappa shape index (κ1) is 19.7. The first-order chi connectivity index (χ1) is 15.3. The molecule has 31 heavy (non-hydrogen) atoms. The number of benzene rings is 1. The van der Waals surface area contributed by atoms with E-state index in [1.807, 2.05) is 34.2 Å². The Morgan fingerprint density at radius 3 is 2.71 bits per heavy atom. The van der Waals surface area contributed by atoms with Gasteiger partial charge in [0, 0.05) is 34.7 Å². The molecule has 0 aliphatic carbocycles. The zero-order valence-corrected chi connectivity index (χ0v) is 17.8. The average Bonchev–Trinajstić information content (AvgIpc) is 3.56. The summed E-state index contributed by atoms with van der Waals surface area (Å²) in [6.45, 7) is 0.518. The van der Waals surface area contributed by atoms with Gasteiger partial charge in [-0.25, -0.2) is 9.37 Å². The summed E-state index contributed by atoms with van der Waals surface area (Å²) in [6.07, 6.45) is 5.16. The van der Waals surface area contributed by atoms with Crippen molar-refractivity contribution >= 4 is 23.1 Å². The Bertz CT molecular complexity index is 1270. The van der Waals surface area contributed by atoms with Gasteiger partial charge in [0.1, 0.15) is 16.6 Å². The van der Waals surface area contributed by atoms with E-state index in [0.29, 0.717) is 12.3 Å². The molecule has 0 saturated heterocycles. The molecule has 0 fully saturated rings. The fourth-order valence-electron chi connectivity index (χ4n) is 3.04. The van der Waals surface area contributed by atoms with Crippen LogP contribution < -0.4 is 0 Å². The van der Waals surface area contributed by atoms with Gasteiger partial charge in [-0.05, 0) is 48.5 Å². The van der Waals surface area contributed by atoms with Gasteiger partial charge in [-0.15, -0.1) is 21.5 Å². The predicted octanol–water partition coefficient (Wildman–Crippen LogP) is 5.54. The number of nitrogens with zero attached hydrogens (tertiary/aromatic N) is 5. The van der Waals surface area contributed by atoms with E-state index in [-0.39, 0.29) is 5.82 Å². The van der Waals surface area contributed by atoms with Crippen LogP contribution in [0.25, 0.3) is 22.0 Å². The van der Waals surface area contributed by atoms with Crippen LogP contribution in [0.5, 0.6) is 0 Å². The molecule has 9 heteroatoms. The van der Waals surface area contributed by atoms with Gasteiger partial charge in [0.25, 0.3) is 0 Å². The molecule has 0 saturated carbocycles. The maximum absolute atomic E-state index is 13.2. The van der Waals surface area contributed by atoms with Crippen molar-refractivity contribution in [1.82, 2.24) is 24.7 Å². The van der Waals surface area contributed by atoms with Gasteiger partial charge in [-0.3, -0.25) is 9.55 Å². The Hall–Kier alpha value is -3.30. The van der Waals surface area contributed by atoms with Crippen molar-refractivity contribution in [3.05, 3.63) is 89.8 Å². The number of furan rings is 1. The molecule has 0 radical (unpaired) electrons. The number of hydrogen-bond donors (Lipinski definition) is 0. The van der Waals surface area contributed by atoms with Crippen molar-refractivity contribution in [2.24, 2.45) is 0 Å². The summed E-state index contributed by atoms with van der Waals surface area (Å²) in [6, 6.07) is 14.0. The van der Waals surface area contributed by atoms with Crippen LogP contribution in [0.4, 0.5) is 4.39 Å². The summed E-state index contributed by atoms with van der Waals surface area (Å²) in [5.74, 6) is 1.94. The summed E-state index contributed by atoms with van der Waals surface area (Å²) in [4.78, 5) is 8.88. The van der Waals surface area contributed by atoms with Gasteiger partial charge < -0.3 is 4.42 Å². The SMILES string of the molecule is Fc1ccc(-c2nc(CSc3nnc(-c4cccnc4)n3Cc3ccco3)cs2)cc1. The van der Waals surface area contributed by atoms with E-state index in [9.17, 15) is 4.39 Å². The molecule has 0 unspecified atom stereocenters. The van der Waals surface area contributed by atoms with Crippen LogP contribution in [0.1, 0.15) is 11.5 Å². The molecule has 5 aromatic rings. The highest BCUT2D eigenvalue weighted by Gasteiger charge is 2.17. The highest BCUT2D eigenvalue weighted by molar-refractivity contribution is 7.98. The standard InChI is InChI=1S/C22H16FN5OS2/c23-17-7-5-15(6-8-17)21-25-18(13-30-21)14-31-22-27-26-20(16-3-1-9-24-11-16)28(22)12-19-4-2-10-29-19/h1-11,13H,12,14H2. The molecule has 0 aliphatic heterocycles. The molecule has 4 aromatic heterocycles. The fraction of sp³-hybridized carbons (Fsp3) is 0.0909.